The molecule has 0 radical (unpaired) electrons. The summed E-state index contributed by atoms with van der Waals surface area (Å²) in [6.45, 7) is 5.63. The molecule has 0 aliphatic carbocycles. The summed E-state index contributed by atoms with van der Waals surface area (Å²) < 4.78 is 0. The Bertz CT molecular complexity index is 323. The zero-order chi connectivity index (χ0) is 11.8. The van der Waals surface area contributed by atoms with Crippen LogP contribution in [0.4, 0.5) is 5.69 Å². The second-order valence-corrected chi connectivity index (χ2v) is 4.82. The maximum Gasteiger partial charge on any atom is 0.221 e. The third-order valence-corrected chi connectivity index (χ3v) is 3.22. The normalized spacial score (nSPS) is 10.4. The summed E-state index contributed by atoms with van der Waals surface area (Å²) in [6, 6.07) is 1.95. The molecule has 0 atom stereocenters. The largest absolute Gasteiger partial charge is 0.325 e. The van der Waals surface area contributed by atoms with Gasteiger partial charge < -0.3 is 10.6 Å². The smallest absolute Gasteiger partial charge is 0.221 e. The molecule has 0 saturated carbocycles. The highest BCUT2D eigenvalue weighted by molar-refractivity contribution is 7.10. The first-order chi connectivity index (χ1) is 7.74. The van der Waals surface area contributed by atoms with Crippen LogP contribution in [-0.2, 0) is 11.3 Å². The molecule has 0 unspecified atom stereocenters. The first-order valence-corrected chi connectivity index (χ1v) is 6.66. The number of hydrogen-bond acceptors (Lipinski definition) is 3. The van der Waals surface area contributed by atoms with Crippen molar-refractivity contribution < 1.29 is 4.79 Å². The molecule has 90 valence electrons. The molecule has 2 N–H and O–H groups in total. The standard InChI is InChI=1S/C12H20N2OS/c1-3-4-5-7-13-9-12-11(6-8-16-12)14-10(2)15/h6,8,13H,3-5,7,9H2,1-2H3,(H,14,15). The number of thiophene rings is 1. The minimum Gasteiger partial charge on any atom is -0.325 e. The maximum atomic E-state index is 11.0. The van der Waals surface area contributed by atoms with Gasteiger partial charge in [0.25, 0.3) is 0 Å². The lowest BCUT2D eigenvalue weighted by Gasteiger charge is -2.06. The molecule has 0 aromatic carbocycles. The van der Waals surface area contributed by atoms with Crippen LogP contribution >= 0.6 is 11.3 Å². The summed E-state index contributed by atoms with van der Waals surface area (Å²) in [5.74, 6) is -0.00867. The molecule has 16 heavy (non-hydrogen) atoms. The molecule has 0 bridgehead atoms. The molecular formula is C12H20N2OS. The molecule has 0 fully saturated rings. The molecule has 1 heterocycles. The first-order valence-electron chi connectivity index (χ1n) is 5.78. The molecule has 1 aromatic heterocycles. The Kier molecular flexibility index (Phi) is 6.11. The average molecular weight is 240 g/mol. The second kappa shape index (κ2) is 7.41. The second-order valence-electron chi connectivity index (χ2n) is 3.82. The van der Waals surface area contributed by atoms with Crippen molar-refractivity contribution in [2.45, 2.75) is 39.7 Å². The fourth-order valence-electron chi connectivity index (χ4n) is 1.48. The lowest BCUT2D eigenvalue weighted by molar-refractivity contribution is -0.114. The van der Waals surface area contributed by atoms with Gasteiger partial charge in [-0.1, -0.05) is 19.8 Å². The van der Waals surface area contributed by atoms with Gasteiger partial charge in [-0.05, 0) is 24.4 Å². The van der Waals surface area contributed by atoms with E-state index in [9.17, 15) is 4.79 Å². The Morgan fingerprint density at radius 2 is 2.25 bits per heavy atom. The van der Waals surface area contributed by atoms with E-state index in [4.69, 9.17) is 0 Å². The number of carbonyl (C=O) groups excluding carboxylic acids is 1. The van der Waals surface area contributed by atoms with E-state index in [0.717, 1.165) is 18.8 Å². The SMILES string of the molecule is CCCCCNCc1sccc1NC(C)=O. The Hall–Kier alpha value is -0.870. The average Bonchev–Trinajstić information content (AvgIpc) is 2.64. The van der Waals surface area contributed by atoms with Crippen LogP contribution in [0.3, 0.4) is 0 Å². The van der Waals surface area contributed by atoms with Crippen molar-refractivity contribution >= 4 is 22.9 Å². The lowest BCUT2D eigenvalue weighted by Crippen LogP contribution is -2.15. The van der Waals surface area contributed by atoms with Crippen LogP contribution in [0.2, 0.25) is 0 Å². The monoisotopic (exact) mass is 240 g/mol. The lowest BCUT2D eigenvalue weighted by atomic mass is 10.2. The number of rotatable bonds is 7. The fourth-order valence-corrected chi connectivity index (χ4v) is 2.28. The Balaban J connectivity index is 2.30. The molecule has 0 aliphatic heterocycles. The first kappa shape index (κ1) is 13.2. The molecule has 1 rings (SSSR count). The Morgan fingerprint density at radius 1 is 1.44 bits per heavy atom. The van der Waals surface area contributed by atoms with Crippen LogP contribution in [0.1, 0.15) is 38.0 Å². The molecule has 1 amide bonds. The minimum atomic E-state index is -0.00867. The third-order valence-electron chi connectivity index (χ3n) is 2.30. The van der Waals surface area contributed by atoms with E-state index in [1.54, 1.807) is 11.3 Å². The van der Waals surface area contributed by atoms with Crippen molar-refractivity contribution in [2.24, 2.45) is 0 Å². The molecule has 3 nitrogen and oxygen atoms in total. The van der Waals surface area contributed by atoms with Gasteiger partial charge in [0.05, 0.1) is 5.69 Å². The third kappa shape index (κ3) is 4.77. The zero-order valence-electron chi connectivity index (χ0n) is 10.0. The number of amides is 1. The van der Waals surface area contributed by atoms with Crippen molar-refractivity contribution in [1.82, 2.24) is 5.32 Å². The predicted molar refractivity (Wildman–Crippen MR) is 69.9 cm³/mol. The van der Waals surface area contributed by atoms with E-state index in [2.05, 4.69) is 17.6 Å². The van der Waals surface area contributed by atoms with Crippen LogP contribution in [0.5, 0.6) is 0 Å². The van der Waals surface area contributed by atoms with E-state index in [1.807, 2.05) is 11.4 Å². The van der Waals surface area contributed by atoms with E-state index in [-0.39, 0.29) is 5.91 Å². The summed E-state index contributed by atoms with van der Waals surface area (Å²) in [5, 5.41) is 8.24. The highest BCUT2D eigenvalue weighted by Crippen LogP contribution is 2.21. The van der Waals surface area contributed by atoms with Gasteiger partial charge in [-0.15, -0.1) is 11.3 Å². The molecule has 0 saturated heterocycles. The van der Waals surface area contributed by atoms with Gasteiger partial charge >= 0.3 is 0 Å². The highest BCUT2D eigenvalue weighted by Gasteiger charge is 2.04. The highest BCUT2D eigenvalue weighted by atomic mass is 32.1. The van der Waals surface area contributed by atoms with Gasteiger partial charge in [0.1, 0.15) is 0 Å². The number of carbonyl (C=O) groups is 1. The van der Waals surface area contributed by atoms with Crippen LogP contribution in [0.25, 0.3) is 0 Å². The van der Waals surface area contributed by atoms with Crippen molar-refractivity contribution in [2.75, 3.05) is 11.9 Å². The predicted octanol–water partition coefficient (Wildman–Crippen LogP) is 2.99. The van der Waals surface area contributed by atoms with Crippen LogP contribution < -0.4 is 10.6 Å². The van der Waals surface area contributed by atoms with Crippen molar-refractivity contribution in [3.63, 3.8) is 0 Å². The summed E-state index contributed by atoms with van der Waals surface area (Å²) in [7, 11) is 0. The van der Waals surface area contributed by atoms with Crippen LogP contribution in [0, 0.1) is 0 Å². The Labute approximate surface area is 101 Å². The van der Waals surface area contributed by atoms with Gasteiger partial charge in [0.15, 0.2) is 0 Å². The number of hydrogen-bond donors (Lipinski definition) is 2. The summed E-state index contributed by atoms with van der Waals surface area (Å²) in [6.07, 6.45) is 3.74. The fraction of sp³-hybridized carbons (Fsp3) is 0.583. The van der Waals surface area contributed by atoms with Gasteiger partial charge in [0.2, 0.25) is 5.91 Å². The van der Waals surface area contributed by atoms with E-state index >= 15 is 0 Å². The molecule has 4 heteroatoms. The topological polar surface area (TPSA) is 41.1 Å². The van der Waals surface area contributed by atoms with Gasteiger partial charge in [-0.2, -0.15) is 0 Å². The van der Waals surface area contributed by atoms with Gasteiger partial charge in [-0.3, -0.25) is 4.79 Å². The molecule has 1 aromatic rings. The number of anilines is 1. The maximum absolute atomic E-state index is 11.0. The summed E-state index contributed by atoms with van der Waals surface area (Å²) in [5.41, 5.74) is 0.945. The molecular weight excluding hydrogens is 220 g/mol. The number of unbranched alkanes of at least 4 members (excludes halogenated alkanes) is 2. The quantitative estimate of drug-likeness (QED) is 0.719. The molecule has 0 spiro atoms. The van der Waals surface area contributed by atoms with E-state index < -0.39 is 0 Å². The van der Waals surface area contributed by atoms with Gasteiger partial charge in [0, 0.05) is 18.3 Å². The minimum absolute atomic E-state index is 0.00867. The van der Waals surface area contributed by atoms with Crippen molar-refractivity contribution in [3.8, 4) is 0 Å². The molecule has 0 aliphatic rings. The van der Waals surface area contributed by atoms with Crippen molar-refractivity contribution in [1.29, 1.82) is 0 Å². The zero-order valence-corrected chi connectivity index (χ0v) is 10.8. The van der Waals surface area contributed by atoms with E-state index in [1.165, 1.54) is 31.1 Å². The number of nitrogens with one attached hydrogen (secondary N) is 2. The summed E-state index contributed by atoms with van der Waals surface area (Å²) >= 11 is 1.68. The summed E-state index contributed by atoms with van der Waals surface area (Å²) in [4.78, 5) is 12.2. The van der Waals surface area contributed by atoms with E-state index in [0.29, 0.717) is 0 Å². The van der Waals surface area contributed by atoms with Gasteiger partial charge in [-0.25, -0.2) is 0 Å². The van der Waals surface area contributed by atoms with Crippen LogP contribution in [-0.4, -0.2) is 12.5 Å². The van der Waals surface area contributed by atoms with Crippen molar-refractivity contribution in [3.05, 3.63) is 16.3 Å². The van der Waals surface area contributed by atoms with Crippen LogP contribution in [0.15, 0.2) is 11.4 Å². The Morgan fingerprint density at radius 3 is 2.94 bits per heavy atom.